The molecule has 0 spiro atoms. The van der Waals surface area contributed by atoms with Crippen molar-refractivity contribution in [1.82, 2.24) is 30.0 Å². The van der Waals surface area contributed by atoms with E-state index in [2.05, 4.69) is 77.5 Å². The zero-order valence-corrected chi connectivity index (χ0v) is 23.1. The van der Waals surface area contributed by atoms with Crippen molar-refractivity contribution in [3.63, 3.8) is 0 Å². The van der Waals surface area contributed by atoms with Gasteiger partial charge in [-0.25, -0.2) is 4.98 Å². The Morgan fingerprint density at radius 1 is 1.21 bits per heavy atom. The molecule has 4 rings (SSSR count). The van der Waals surface area contributed by atoms with Gasteiger partial charge in [0.05, 0.1) is 15.7 Å². The van der Waals surface area contributed by atoms with E-state index in [4.69, 9.17) is 4.98 Å². The summed E-state index contributed by atoms with van der Waals surface area (Å²) in [4.78, 5) is 15.4. The van der Waals surface area contributed by atoms with Gasteiger partial charge in [0.1, 0.15) is 16.9 Å². The monoisotopic (exact) mass is 528 g/mol. The number of H-pyrrole nitrogens is 2. The molecule has 38 heavy (non-hydrogen) atoms. The van der Waals surface area contributed by atoms with Gasteiger partial charge in [0.15, 0.2) is 11.0 Å². The molecule has 0 aliphatic rings. The third-order valence-corrected chi connectivity index (χ3v) is 7.15. The van der Waals surface area contributed by atoms with Gasteiger partial charge in [-0.2, -0.15) is 9.49 Å². The number of pyridine rings is 1. The van der Waals surface area contributed by atoms with Crippen LogP contribution >= 0.6 is 11.3 Å². The fourth-order valence-electron chi connectivity index (χ4n) is 4.14. The normalized spacial score (nSPS) is 13.7. The summed E-state index contributed by atoms with van der Waals surface area (Å²) in [5.74, 6) is 0.582. The van der Waals surface area contributed by atoms with Crippen LogP contribution in [0.2, 0.25) is 0 Å². The number of rotatable bonds is 10. The predicted octanol–water partition coefficient (Wildman–Crippen LogP) is 5.75. The Balaban J connectivity index is 1.61. The SMILES string of the molecule is C=C\C(=C/C(=C\C)C(/C)=C/C=c1/[nH]nc(-c2nc3c(-c4ccc(F)s4)nccc3[nH]2)c1=C)CCCN(C)C. The van der Waals surface area contributed by atoms with Gasteiger partial charge in [-0.05, 0) is 88.3 Å². The van der Waals surface area contributed by atoms with Crippen LogP contribution in [0, 0.1) is 5.13 Å². The van der Waals surface area contributed by atoms with Crippen molar-refractivity contribution in [3.8, 4) is 22.1 Å². The standard InChI is InChI=1S/C30H33FN6S/c1-7-21(10-9-17-37(5)6)18-22(8-2)19(3)11-12-23-20(4)27(36-35-23)30-33-24-15-16-32-29(28(24)34-30)25-13-14-26(31)38-25/h7-8,11-16,18,35H,1,4,9-10,17H2,2-3,5-6H3,(H,33,34)/b19-11+,21-18+,22-8+,23-12+. The van der Waals surface area contributed by atoms with Crippen molar-refractivity contribution >= 4 is 35.0 Å². The highest BCUT2D eigenvalue weighted by atomic mass is 32.1. The molecule has 4 aromatic heterocycles. The second-order valence-electron chi connectivity index (χ2n) is 9.30. The minimum Gasteiger partial charge on any atom is -0.336 e. The summed E-state index contributed by atoms with van der Waals surface area (Å²) < 4.78 is 13.6. The van der Waals surface area contributed by atoms with Crippen molar-refractivity contribution in [3.05, 3.63) is 87.7 Å². The third kappa shape index (κ3) is 6.15. The Hall–Kier alpha value is -3.88. The van der Waals surface area contributed by atoms with E-state index in [9.17, 15) is 4.39 Å². The van der Waals surface area contributed by atoms with Crippen LogP contribution in [-0.4, -0.2) is 50.7 Å². The Morgan fingerprint density at radius 3 is 2.71 bits per heavy atom. The van der Waals surface area contributed by atoms with Crippen molar-refractivity contribution in [1.29, 1.82) is 0 Å². The highest BCUT2D eigenvalue weighted by Crippen LogP contribution is 2.31. The summed E-state index contributed by atoms with van der Waals surface area (Å²) in [6, 6.07) is 5.00. The second kappa shape index (κ2) is 12.1. The van der Waals surface area contributed by atoms with E-state index in [1.54, 1.807) is 12.3 Å². The minimum absolute atomic E-state index is 0.257. The average Bonchev–Trinajstić information content (AvgIpc) is 3.62. The van der Waals surface area contributed by atoms with Gasteiger partial charge >= 0.3 is 0 Å². The summed E-state index contributed by atoms with van der Waals surface area (Å²) in [6.45, 7) is 13.4. The largest absolute Gasteiger partial charge is 0.336 e. The number of nitrogens with one attached hydrogen (secondary N) is 2. The van der Waals surface area contributed by atoms with Crippen LogP contribution in [0.4, 0.5) is 4.39 Å². The third-order valence-electron chi connectivity index (χ3n) is 6.27. The summed E-state index contributed by atoms with van der Waals surface area (Å²) in [5, 5.41) is 8.83. The molecule has 0 aliphatic carbocycles. The lowest BCUT2D eigenvalue weighted by Crippen LogP contribution is -2.21. The number of halogens is 1. The van der Waals surface area contributed by atoms with Crippen molar-refractivity contribution in [2.24, 2.45) is 0 Å². The molecule has 0 unspecified atom stereocenters. The number of aromatic nitrogens is 5. The maximum atomic E-state index is 13.6. The van der Waals surface area contributed by atoms with Crippen molar-refractivity contribution in [2.45, 2.75) is 26.7 Å². The predicted molar refractivity (Wildman–Crippen MR) is 158 cm³/mol. The topological polar surface area (TPSA) is 73.5 Å². The number of hydrogen-bond acceptors (Lipinski definition) is 5. The highest BCUT2D eigenvalue weighted by molar-refractivity contribution is 7.13. The van der Waals surface area contributed by atoms with Gasteiger partial charge in [-0.15, -0.1) is 11.3 Å². The molecule has 8 heteroatoms. The van der Waals surface area contributed by atoms with E-state index in [0.29, 0.717) is 22.7 Å². The van der Waals surface area contributed by atoms with Crippen LogP contribution in [0.25, 0.3) is 45.8 Å². The maximum Gasteiger partial charge on any atom is 0.177 e. The molecule has 0 aromatic carbocycles. The summed E-state index contributed by atoms with van der Waals surface area (Å²) in [6.07, 6.45) is 14.0. The smallest absolute Gasteiger partial charge is 0.177 e. The van der Waals surface area contributed by atoms with Gasteiger partial charge in [-0.1, -0.05) is 37.5 Å². The number of thiophene rings is 1. The molecular weight excluding hydrogens is 495 g/mol. The number of allylic oxidation sites excluding steroid dienone is 7. The van der Waals surface area contributed by atoms with Gasteiger partial charge in [0.2, 0.25) is 0 Å². The van der Waals surface area contributed by atoms with Crippen molar-refractivity contribution in [2.75, 3.05) is 20.6 Å². The fourth-order valence-corrected chi connectivity index (χ4v) is 4.87. The molecule has 0 amide bonds. The first kappa shape index (κ1) is 27.2. The van der Waals surface area contributed by atoms with Crippen LogP contribution in [0.3, 0.4) is 0 Å². The molecule has 0 aliphatic heterocycles. The molecule has 2 N–H and O–H groups in total. The number of nitrogens with zero attached hydrogens (tertiary/aromatic N) is 4. The van der Waals surface area contributed by atoms with E-state index in [1.807, 2.05) is 25.1 Å². The first-order valence-electron chi connectivity index (χ1n) is 12.5. The average molecular weight is 529 g/mol. The molecule has 196 valence electrons. The lowest BCUT2D eigenvalue weighted by Gasteiger charge is -2.10. The summed E-state index contributed by atoms with van der Waals surface area (Å²) in [7, 11) is 4.18. The molecule has 0 radical (unpaired) electrons. The Bertz CT molecular complexity index is 1650. The Morgan fingerprint density at radius 2 is 2.03 bits per heavy atom. The highest BCUT2D eigenvalue weighted by Gasteiger charge is 2.15. The first-order valence-corrected chi connectivity index (χ1v) is 13.3. The molecule has 6 nitrogen and oxygen atoms in total. The number of fused-ring (bicyclic) bond motifs is 1. The van der Waals surface area contributed by atoms with E-state index in [1.165, 1.54) is 11.6 Å². The zero-order chi connectivity index (χ0) is 27.2. The van der Waals surface area contributed by atoms with Crippen LogP contribution in [0.15, 0.2) is 72.0 Å². The molecule has 0 bridgehead atoms. The molecule has 0 atom stereocenters. The molecule has 0 saturated heterocycles. The number of hydrogen-bond donors (Lipinski definition) is 2. The van der Waals surface area contributed by atoms with Crippen molar-refractivity contribution < 1.29 is 4.39 Å². The van der Waals surface area contributed by atoms with E-state index >= 15 is 0 Å². The quantitative estimate of drug-likeness (QED) is 0.257. The van der Waals surface area contributed by atoms with Gasteiger partial charge in [0, 0.05) is 11.4 Å². The van der Waals surface area contributed by atoms with Gasteiger partial charge < -0.3 is 9.88 Å². The van der Waals surface area contributed by atoms with Crippen LogP contribution in [-0.2, 0) is 0 Å². The van der Waals surface area contributed by atoms with Crippen LogP contribution < -0.4 is 10.6 Å². The lowest BCUT2D eigenvalue weighted by atomic mass is 10.0. The Kier molecular flexibility index (Phi) is 8.66. The minimum atomic E-state index is -0.257. The fraction of sp³-hybridized carbons (Fsp3) is 0.233. The molecule has 0 saturated carbocycles. The Labute approximate surface area is 226 Å². The lowest BCUT2D eigenvalue weighted by molar-refractivity contribution is 0.400. The van der Waals surface area contributed by atoms with Gasteiger partial charge in [0.25, 0.3) is 0 Å². The second-order valence-corrected chi connectivity index (χ2v) is 10.3. The summed E-state index contributed by atoms with van der Waals surface area (Å²) >= 11 is 1.05. The van der Waals surface area contributed by atoms with Crippen LogP contribution in [0.1, 0.15) is 26.7 Å². The van der Waals surface area contributed by atoms with E-state index in [0.717, 1.165) is 62.8 Å². The molecule has 4 aromatic rings. The van der Waals surface area contributed by atoms with Gasteiger partial charge in [-0.3, -0.25) is 10.1 Å². The number of imidazole rings is 1. The summed E-state index contributed by atoms with van der Waals surface area (Å²) in [5.41, 5.74) is 6.22. The maximum absolute atomic E-state index is 13.6. The zero-order valence-electron chi connectivity index (χ0n) is 22.3. The molecule has 0 fully saturated rings. The number of aromatic amines is 2. The molecular formula is C30H33FN6S. The molecule has 4 heterocycles. The van der Waals surface area contributed by atoms with E-state index in [-0.39, 0.29) is 5.13 Å². The van der Waals surface area contributed by atoms with E-state index < -0.39 is 0 Å². The first-order chi connectivity index (χ1) is 18.3. The van der Waals surface area contributed by atoms with Crippen LogP contribution in [0.5, 0.6) is 0 Å².